The van der Waals surface area contributed by atoms with Gasteiger partial charge < -0.3 is 4.74 Å². The van der Waals surface area contributed by atoms with Crippen molar-refractivity contribution in [3.8, 4) is 0 Å². The maximum Gasteiger partial charge on any atom is 0.230 e. The fourth-order valence-corrected chi connectivity index (χ4v) is 2.60. The van der Waals surface area contributed by atoms with E-state index in [4.69, 9.17) is 4.74 Å². The van der Waals surface area contributed by atoms with Crippen LogP contribution in [0.3, 0.4) is 0 Å². The second-order valence-corrected chi connectivity index (χ2v) is 4.83. The number of likely N-dealkylation sites (tertiary alicyclic amines) is 1. The van der Waals surface area contributed by atoms with Crippen LogP contribution < -0.4 is 0 Å². The molecule has 3 unspecified atom stereocenters. The molecule has 2 amide bonds. The van der Waals surface area contributed by atoms with Crippen molar-refractivity contribution in [3.05, 3.63) is 35.9 Å². The number of carbonyl (C=O) groups is 2. The first-order chi connectivity index (χ1) is 8.68. The number of hydrogen-bond donors (Lipinski definition) is 0. The highest BCUT2D eigenvalue weighted by molar-refractivity contribution is 6.02. The Morgan fingerprint density at radius 3 is 2.39 bits per heavy atom. The summed E-state index contributed by atoms with van der Waals surface area (Å²) in [6, 6.07) is 9.72. The van der Waals surface area contributed by atoms with Crippen molar-refractivity contribution in [3.63, 3.8) is 0 Å². The van der Waals surface area contributed by atoms with Gasteiger partial charge in [-0.1, -0.05) is 30.3 Å². The molecular weight excluding hydrogens is 230 g/mol. The minimum atomic E-state index is -0.169. The number of ether oxygens (including phenoxy) is 1. The Labute approximate surface area is 106 Å². The molecule has 0 N–H and O–H groups in total. The number of carbonyl (C=O) groups excluding carboxylic acids is 2. The SMILES string of the molecule is CC(C1OC1c1ccccc1)N1C(=O)CCC1=O. The number of hydrogen-bond acceptors (Lipinski definition) is 3. The van der Waals surface area contributed by atoms with Gasteiger partial charge in [0, 0.05) is 12.8 Å². The zero-order valence-electron chi connectivity index (χ0n) is 10.2. The molecule has 0 saturated carbocycles. The molecule has 2 fully saturated rings. The molecule has 2 aliphatic rings. The number of epoxide rings is 1. The number of rotatable bonds is 3. The highest BCUT2D eigenvalue weighted by Gasteiger charge is 2.49. The topological polar surface area (TPSA) is 49.9 Å². The van der Waals surface area contributed by atoms with Gasteiger partial charge in [0.15, 0.2) is 0 Å². The zero-order valence-corrected chi connectivity index (χ0v) is 10.2. The van der Waals surface area contributed by atoms with Crippen LogP contribution in [0.15, 0.2) is 30.3 Å². The van der Waals surface area contributed by atoms with Crippen molar-refractivity contribution in [1.29, 1.82) is 0 Å². The Hall–Kier alpha value is -1.68. The second-order valence-electron chi connectivity index (χ2n) is 4.83. The van der Waals surface area contributed by atoms with Crippen molar-refractivity contribution in [1.82, 2.24) is 4.90 Å². The van der Waals surface area contributed by atoms with Crippen LogP contribution in [0.5, 0.6) is 0 Å². The molecule has 2 aliphatic heterocycles. The predicted octanol–water partition coefficient (Wildman–Crippen LogP) is 1.66. The molecule has 0 aliphatic carbocycles. The molecule has 2 heterocycles. The van der Waals surface area contributed by atoms with Crippen LogP contribution >= 0.6 is 0 Å². The molecule has 0 radical (unpaired) electrons. The van der Waals surface area contributed by atoms with E-state index in [-0.39, 0.29) is 30.1 Å². The average molecular weight is 245 g/mol. The first-order valence-corrected chi connectivity index (χ1v) is 6.24. The van der Waals surface area contributed by atoms with Gasteiger partial charge in [0.25, 0.3) is 0 Å². The van der Waals surface area contributed by atoms with Gasteiger partial charge >= 0.3 is 0 Å². The Bertz CT molecular complexity index is 469. The van der Waals surface area contributed by atoms with Crippen LogP contribution in [0.25, 0.3) is 0 Å². The first-order valence-electron chi connectivity index (χ1n) is 6.24. The summed E-state index contributed by atoms with van der Waals surface area (Å²) in [6.45, 7) is 1.88. The van der Waals surface area contributed by atoms with Gasteiger partial charge in [0.2, 0.25) is 11.8 Å². The maximum atomic E-state index is 11.7. The van der Waals surface area contributed by atoms with Crippen molar-refractivity contribution in [2.45, 2.75) is 38.0 Å². The number of imide groups is 1. The van der Waals surface area contributed by atoms with E-state index in [1.165, 1.54) is 4.90 Å². The Morgan fingerprint density at radius 2 is 1.78 bits per heavy atom. The number of benzene rings is 1. The minimum absolute atomic E-state index is 0.0161. The second kappa shape index (κ2) is 4.21. The summed E-state index contributed by atoms with van der Waals surface area (Å²) in [6.07, 6.45) is 0.637. The molecule has 0 spiro atoms. The minimum Gasteiger partial charge on any atom is -0.362 e. The molecule has 0 aromatic heterocycles. The van der Waals surface area contributed by atoms with Crippen LogP contribution in [0.4, 0.5) is 0 Å². The highest BCUT2D eigenvalue weighted by Crippen LogP contribution is 2.42. The van der Waals surface area contributed by atoms with Crippen LogP contribution in [0.2, 0.25) is 0 Å². The Balaban J connectivity index is 1.71. The van der Waals surface area contributed by atoms with E-state index in [1.54, 1.807) is 0 Å². The van der Waals surface area contributed by atoms with Gasteiger partial charge in [0.1, 0.15) is 12.2 Å². The van der Waals surface area contributed by atoms with Crippen molar-refractivity contribution in [2.24, 2.45) is 0 Å². The normalized spacial score (nSPS) is 28.6. The standard InChI is InChI=1S/C14H15NO3/c1-9(15-11(16)7-8-12(15)17)13-14(18-13)10-5-3-2-4-6-10/h2-6,9,13-14H,7-8H2,1H3. The average Bonchev–Trinajstić information content (AvgIpc) is 3.11. The smallest absolute Gasteiger partial charge is 0.230 e. The summed E-state index contributed by atoms with van der Waals surface area (Å²) < 4.78 is 5.63. The van der Waals surface area contributed by atoms with E-state index in [0.717, 1.165) is 5.56 Å². The molecule has 3 atom stereocenters. The summed E-state index contributed by atoms with van der Waals surface area (Å²) in [7, 11) is 0. The molecule has 1 aromatic carbocycles. The van der Waals surface area contributed by atoms with Crippen molar-refractivity contribution < 1.29 is 14.3 Å². The van der Waals surface area contributed by atoms with Crippen molar-refractivity contribution >= 4 is 11.8 Å². The van der Waals surface area contributed by atoms with E-state index in [1.807, 2.05) is 37.3 Å². The van der Waals surface area contributed by atoms with E-state index >= 15 is 0 Å². The molecular formula is C14H15NO3. The molecule has 2 saturated heterocycles. The molecule has 1 aromatic rings. The van der Waals surface area contributed by atoms with Crippen LogP contribution in [-0.2, 0) is 14.3 Å². The Kier molecular flexibility index (Phi) is 2.67. The van der Waals surface area contributed by atoms with Gasteiger partial charge in [-0.2, -0.15) is 0 Å². The molecule has 4 nitrogen and oxygen atoms in total. The van der Waals surface area contributed by atoms with Crippen LogP contribution in [-0.4, -0.2) is 28.9 Å². The van der Waals surface area contributed by atoms with Gasteiger partial charge in [-0.05, 0) is 12.5 Å². The van der Waals surface area contributed by atoms with Gasteiger partial charge in [-0.15, -0.1) is 0 Å². The zero-order chi connectivity index (χ0) is 12.7. The van der Waals surface area contributed by atoms with Crippen LogP contribution in [0, 0.1) is 0 Å². The van der Waals surface area contributed by atoms with E-state index in [0.29, 0.717) is 12.8 Å². The monoisotopic (exact) mass is 245 g/mol. The fraction of sp³-hybridized carbons (Fsp3) is 0.429. The highest BCUT2D eigenvalue weighted by atomic mass is 16.6. The summed E-state index contributed by atoms with van der Waals surface area (Å²) in [5.41, 5.74) is 1.11. The molecule has 18 heavy (non-hydrogen) atoms. The predicted molar refractivity (Wildman–Crippen MR) is 64.6 cm³/mol. The lowest BCUT2D eigenvalue weighted by Gasteiger charge is -2.20. The van der Waals surface area contributed by atoms with E-state index in [9.17, 15) is 9.59 Å². The lowest BCUT2D eigenvalue weighted by Crippen LogP contribution is -2.40. The third-order valence-corrected chi connectivity index (χ3v) is 3.63. The van der Waals surface area contributed by atoms with Gasteiger partial charge in [0.05, 0.1) is 6.04 Å². The molecule has 3 rings (SSSR count). The summed E-state index contributed by atoms with van der Waals surface area (Å²) in [4.78, 5) is 24.7. The van der Waals surface area contributed by atoms with Gasteiger partial charge in [-0.25, -0.2) is 0 Å². The summed E-state index contributed by atoms with van der Waals surface area (Å²) in [5.74, 6) is -0.148. The van der Waals surface area contributed by atoms with Crippen molar-refractivity contribution in [2.75, 3.05) is 0 Å². The number of amides is 2. The lowest BCUT2D eigenvalue weighted by molar-refractivity contribution is -0.141. The third kappa shape index (κ3) is 1.82. The lowest BCUT2D eigenvalue weighted by atomic mass is 10.1. The summed E-state index contributed by atoms with van der Waals surface area (Å²) in [5, 5.41) is 0. The molecule has 0 bridgehead atoms. The van der Waals surface area contributed by atoms with Crippen LogP contribution in [0.1, 0.15) is 31.4 Å². The fourth-order valence-electron chi connectivity index (χ4n) is 2.60. The largest absolute Gasteiger partial charge is 0.362 e. The first kappa shape index (κ1) is 11.4. The molecule has 94 valence electrons. The third-order valence-electron chi connectivity index (χ3n) is 3.63. The number of nitrogens with zero attached hydrogens (tertiary/aromatic N) is 1. The maximum absolute atomic E-state index is 11.7. The summed E-state index contributed by atoms with van der Waals surface area (Å²) >= 11 is 0. The quantitative estimate of drug-likeness (QED) is 0.601. The van der Waals surface area contributed by atoms with Gasteiger partial charge in [-0.3, -0.25) is 14.5 Å². The molecule has 4 heteroatoms. The van der Waals surface area contributed by atoms with E-state index in [2.05, 4.69) is 0 Å². The van der Waals surface area contributed by atoms with E-state index < -0.39 is 0 Å². The Morgan fingerprint density at radius 1 is 1.17 bits per heavy atom.